The van der Waals surface area contributed by atoms with Crippen molar-refractivity contribution >= 4 is 17.7 Å². The summed E-state index contributed by atoms with van der Waals surface area (Å²) >= 11 is 0. The number of rotatable bonds is 1. The van der Waals surface area contributed by atoms with Gasteiger partial charge in [0.15, 0.2) is 0 Å². The SMILES string of the molecule is C#C.C=O.N#Cc1c[nH]c2ccc(C3CCCC3)cc12. The molecule has 1 heterocycles. The molecule has 3 nitrogen and oxygen atoms in total. The maximum atomic E-state index is 9.01. The second-order valence-corrected chi connectivity index (χ2v) is 4.60. The van der Waals surface area contributed by atoms with Crippen LogP contribution in [-0.4, -0.2) is 11.8 Å². The zero-order valence-corrected chi connectivity index (χ0v) is 11.4. The van der Waals surface area contributed by atoms with Gasteiger partial charge in [-0.05, 0) is 36.5 Å². The molecule has 102 valence electrons. The zero-order valence-electron chi connectivity index (χ0n) is 11.4. The Balaban J connectivity index is 0.000000461. The van der Waals surface area contributed by atoms with Gasteiger partial charge in [-0.25, -0.2) is 0 Å². The third-order valence-corrected chi connectivity index (χ3v) is 3.65. The number of terminal acetylenes is 1. The summed E-state index contributed by atoms with van der Waals surface area (Å²) in [5.74, 6) is 0.714. The number of aromatic nitrogens is 1. The minimum atomic E-state index is 0.714. The summed E-state index contributed by atoms with van der Waals surface area (Å²) in [6.07, 6.45) is 15.1. The number of carbonyl (C=O) groups is 1. The van der Waals surface area contributed by atoms with E-state index in [-0.39, 0.29) is 0 Å². The molecule has 0 aliphatic heterocycles. The molecule has 2 aromatic rings. The Morgan fingerprint density at radius 2 is 1.90 bits per heavy atom. The van der Waals surface area contributed by atoms with Crippen molar-refractivity contribution in [2.24, 2.45) is 0 Å². The van der Waals surface area contributed by atoms with Crippen molar-refractivity contribution in [2.75, 3.05) is 0 Å². The smallest absolute Gasteiger partial charge is 0.106 e. The van der Waals surface area contributed by atoms with Gasteiger partial charge in [-0.2, -0.15) is 5.26 Å². The highest BCUT2D eigenvalue weighted by molar-refractivity contribution is 5.86. The van der Waals surface area contributed by atoms with Gasteiger partial charge in [0.05, 0.1) is 5.56 Å². The Labute approximate surface area is 119 Å². The Morgan fingerprint density at radius 3 is 2.50 bits per heavy atom. The number of H-pyrrole nitrogens is 1. The van der Waals surface area contributed by atoms with Crippen LogP contribution in [0, 0.1) is 24.2 Å². The molecule has 0 saturated heterocycles. The minimum Gasteiger partial charge on any atom is -0.360 e. The molecule has 1 aliphatic carbocycles. The first-order valence-electron chi connectivity index (χ1n) is 6.52. The summed E-state index contributed by atoms with van der Waals surface area (Å²) in [4.78, 5) is 11.1. The third kappa shape index (κ3) is 3.08. The molecule has 1 N–H and O–H groups in total. The fourth-order valence-corrected chi connectivity index (χ4v) is 2.74. The molecule has 0 spiro atoms. The number of nitrogens with zero attached hydrogens (tertiary/aromatic N) is 1. The van der Waals surface area contributed by atoms with Crippen molar-refractivity contribution in [1.82, 2.24) is 4.98 Å². The van der Waals surface area contributed by atoms with Crippen LogP contribution < -0.4 is 0 Å². The monoisotopic (exact) mass is 266 g/mol. The van der Waals surface area contributed by atoms with E-state index in [1.54, 1.807) is 6.20 Å². The number of carbonyl (C=O) groups excluding carboxylic acids is 1. The van der Waals surface area contributed by atoms with E-state index in [4.69, 9.17) is 10.1 Å². The lowest BCUT2D eigenvalue weighted by atomic mass is 9.96. The predicted molar refractivity (Wildman–Crippen MR) is 81.2 cm³/mol. The first kappa shape index (κ1) is 15.5. The molecule has 1 aliphatic rings. The van der Waals surface area contributed by atoms with Crippen LogP contribution in [0.25, 0.3) is 10.9 Å². The second kappa shape index (κ2) is 7.81. The van der Waals surface area contributed by atoms with Crippen molar-refractivity contribution in [3.05, 3.63) is 35.5 Å². The van der Waals surface area contributed by atoms with Gasteiger partial charge in [-0.1, -0.05) is 18.9 Å². The normalized spacial score (nSPS) is 13.7. The van der Waals surface area contributed by atoms with Gasteiger partial charge in [0.1, 0.15) is 12.9 Å². The lowest BCUT2D eigenvalue weighted by Gasteiger charge is -2.09. The predicted octanol–water partition coefficient (Wildman–Crippen LogP) is 3.76. The molecule has 20 heavy (non-hydrogen) atoms. The van der Waals surface area contributed by atoms with Crippen LogP contribution in [0.1, 0.15) is 42.7 Å². The van der Waals surface area contributed by atoms with Crippen LogP contribution in [0.3, 0.4) is 0 Å². The molecular weight excluding hydrogens is 248 g/mol. The fourth-order valence-electron chi connectivity index (χ4n) is 2.74. The molecule has 0 radical (unpaired) electrons. The van der Waals surface area contributed by atoms with E-state index in [0.717, 1.165) is 16.5 Å². The molecule has 1 fully saturated rings. The number of fused-ring (bicyclic) bond motifs is 1. The molecular formula is C17H18N2O. The average Bonchev–Trinajstić information content (AvgIpc) is 3.20. The third-order valence-electron chi connectivity index (χ3n) is 3.65. The van der Waals surface area contributed by atoms with Crippen LogP contribution in [-0.2, 0) is 4.79 Å². The summed E-state index contributed by atoms with van der Waals surface area (Å²) in [5.41, 5.74) is 3.23. The van der Waals surface area contributed by atoms with Gasteiger partial charge in [0.2, 0.25) is 0 Å². The quantitative estimate of drug-likeness (QED) is 0.799. The maximum Gasteiger partial charge on any atom is 0.106 e. The highest BCUT2D eigenvalue weighted by Gasteiger charge is 2.17. The average molecular weight is 266 g/mol. The second-order valence-electron chi connectivity index (χ2n) is 4.60. The zero-order chi connectivity index (χ0) is 15.0. The van der Waals surface area contributed by atoms with E-state index in [0.29, 0.717) is 5.92 Å². The lowest BCUT2D eigenvalue weighted by Crippen LogP contribution is -1.91. The summed E-state index contributed by atoms with van der Waals surface area (Å²) in [6.45, 7) is 2.00. The fraction of sp³-hybridized carbons (Fsp3) is 0.294. The molecule has 1 aromatic carbocycles. The molecule has 3 heteroatoms. The topological polar surface area (TPSA) is 56.6 Å². The van der Waals surface area contributed by atoms with E-state index >= 15 is 0 Å². The Hall–Kier alpha value is -2.52. The molecule has 1 saturated carbocycles. The van der Waals surface area contributed by atoms with Crippen molar-refractivity contribution < 1.29 is 4.79 Å². The highest BCUT2D eigenvalue weighted by Crippen LogP contribution is 2.35. The lowest BCUT2D eigenvalue weighted by molar-refractivity contribution is -0.0979. The first-order chi connectivity index (χ1) is 9.88. The van der Waals surface area contributed by atoms with Gasteiger partial charge < -0.3 is 9.78 Å². The Bertz CT molecular complexity index is 613. The number of benzene rings is 1. The van der Waals surface area contributed by atoms with Crippen LogP contribution in [0.15, 0.2) is 24.4 Å². The van der Waals surface area contributed by atoms with Crippen LogP contribution >= 0.6 is 0 Å². The van der Waals surface area contributed by atoms with Gasteiger partial charge in [0.25, 0.3) is 0 Å². The van der Waals surface area contributed by atoms with E-state index in [9.17, 15) is 0 Å². The van der Waals surface area contributed by atoms with Crippen molar-refractivity contribution in [1.29, 1.82) is 5.26 Å². The van der Waals surface area contributed by atoms with Gasteiger partial charge in [-0.15, -0.1) is 12.8 Å². The maximum absolute atomic E-state index is 9.01. The van der Waals surface area contributed by atoms with Crippen LogP contribution in [0.4, 0.5) is 0 Å². The van der Waals surface area contributed by atoms with Gasteiger partial charge in [0, 0.05) is 17.1 Å². The molecule has 3 rings (SSSR count). The number of hydrogen-bond acceptors (Lipinski definition) is 2. The van der Waals surface area contributed by atoms with E-state index in [2.05, 4.69) is 42.1 Å². The number of nitrogens with one attached hydrogen (secondary N) is 1. The summed E-state index contributed by atoms with van der Waals surface area (Å²) < 4.78 is 0. The summed E-state index contributed by atoms with van der Waals surface area (Å²) in [6, 6.07) is 8.74. The van der Waals surface area contributed by atoms with E-state index < -0.39 is 0 Å². The van der Waals surface area contributed by atoms with Crippen molar-refractivity contribution in [2.45, 2.75) is 31.6 Å². The molecule has 0 atom stereocenters. The van der Waals surface area contributed by atoms with E-state index in [1.165, 1.54) is 31.2 Å². The number of hydrogen-bond donors (Lipinski definition) is 1. The minimum absolute atomic E-state index is 0.714. The molecule has 0 unspecified atom stereocenters. The molecule has 0 bridgehead atoms. The molecule has 0 amide bonds. The van der Waals surface area contributed by atoms with Crippen LogP contribution in [0.2, 0.25) is 0 Å². The summed E-state index contributed by atoms with van der Waals surface area (Å²) in [5, 5.41) is 10.1. The van der Waals surface area contributed by atoms with E-state index in [1.807, 2.05) is 6.79 Å². The number of nitriles is 1. The van der Waals surface area contributed by atoms with Crippen molar-refractivity contribution in [3.8, 4) is 18.9 Å². The standard InChI is InChI=1S/C14H14N2.C2H2.CH2O/c15-8-12-9-16-14-6-5-11(7-13(12)14)10-3-1-2-4-10;2*1-2/h5-7,9-10,16H,1-4H2;1-2H;1H2. The Morgan fingerprint density at radius 1 is 1.25 bits per heavy atom. The summed E-state index contributed by atoms with van der Waals surface area (Å²) in [7, 11) is 0. The largest absolute Gasteiger partial charge is 0.360 e. The van der Waals surface area contributed by atoms with Gasteiger partial charge in [-0.3, -0.25) is 0 Å². The Kier molecular flexibility index (Phi) is 6.07. The van der Waals surface area contributed by atoms with Gasteiger partial charge >= 0.3 is 0 Å². The first-order valence-corrected chi connectivity index (χ1v) is 6.52. The van der Waals surface area contributed by atoms with Crippen molar-refractivity contribution in [3.63, 3.8) is 0 Å². The highest BCUT2D eigenvalue weighted by atomic mass is 16.1. The van der Waals surface area contributed by atoms with Crippen LogP contribution in [0.5, 0.6) is 0 Å². The number of aromatic amines is 1. The molecule has 1 aromatic heterocycles.